The van der Waals surface area contributed by atoms with Crippen LogP contribution in [0.5, 0.6) is 0 Å². The van der Waals surface area contributed by atoms with Crippen LogP contribution in [0.4, 0.5) is 4.39 Å². The number of ether oxygens (including phenoxy) is 1. The van der Waals surface area contributed by atoms with Gasteiger partial charge in [-0.2, -0.15) is 0 Å². The van der Waals surface area contributed by atoms with E-state index in [9.17, 15) is 9.50 Å². The number of aliphatic hydroxyl groups excluding tert-OH is 1. The average Bonchev–Trinajstić information content (AvgIpc) is 2.46. The molecule has 4 unspecified atom stereocenters. The number of rotatable bonds is 5. The summed E-state index contributed by atoms with van der Waals surface area (Å²) in [5.41, 5.74) is 6.77. The van der Waals surface area contributed by atoms with E-state index >= 15 is 0 Å². The Hall–Kier alpha value is -1.01. The summed E-state index contributed by atoms with van der Waals surface area (Å²) in [4.78, 5) is 2.24. The molecule has 0 bridgehead atoms. The van der Waals surface area contributed by atoms with Crippen LogP contribution >= 0.6 is 0 Å². The largest absolute Gasteiger partial charge is 0.394 e. The van der Waals surface area contributed by atoms with E-state index in [1.807, 2.05) is 19.9 Å². The van der Waals surface area contributed by atoms with Crippen molar-refractivity contribution in [3.63, 3.8) is 0 Å². The minimum atomic E-state index is -0.336. The maximum absolute atomic E-state index is 13.8. The Morgan fingerprint density at radius 2 is 2.14 bits per heavy atom. The van der Waals surface area contributed by atoms with Crippen LogP contribution in [-0.4, -0.2) is 48.5 Å². The van der Waals surface area contributed by atoms with Crippen molar-refractivity contribution in [2.75, 3.05) is 26.2 Å². The Balaban J connectivity index is 1.97. The molecule has 4 nitrogen and oxygen atoms in total. The lowest BCUT2D eigenvalue weighted by molar-refractivity contribution is -0.0979. The molecule has 0 spiro atoms. The van der Waals surface area contributed by atoms with Crippen LogP contribution in [-0.2, 0) is 4.74 Å². The van der Waals surface area contributed by atoms with Crippen LogP contribution in [0.25, 0.3) is 0 Å². The fraction of sp³-hybridized carbons (Fsp3) is 0.625. The Kier molecular flexibility index (Phi) is 5.70. The zero-order valence-corrected chi connectivity index (χ0v) is 12.7. The Labute approximate surface area is 125 Å². The second-order valence-electron chi connectivity index (χ2n) is 5.99. The van der Waals surface area contributed by atoms with Crippen molar-refractivity contribution in [3.8, 4) is 0 Å². The summed E-state index contributed by atoms with van der Waals surface area (Å²) in [7, 11) is 0. The van der Waals surface area contributed by atoms with E-state index in [1.54, 1.807) is 12.1 Å². The number of nitrogens with zero attached hydrogens (tertiary/aromatic N) is 1. The molecular weight excluding hydrogens is 271 g/mol. The van der Waals surface area contributed by atoms with Gasteiger partial charge in [0.25, 0.3) is 0 Å². The van der Waals surface area contributed by atoms with Crippen molar-refractivity contribution in [1.29, 1.82) is 0 Å². The van der Waals surface area contributed by atoms with E-state index in [0.29, 0.717) is 12.1 Å². The zero-order valence-electron chi connectivity index (χ0n) is 12.7. The van der Waals surface area contributed by atoms with Gasteiger partial charge in [0.1, 0.15) is 5.82 Å². The molecule has 0 radical (unpaired) electrons. The molecule has 1 aromatic carbocycles. The minimum Gasteiger partial charge on any atom is -0.394 e. The molecule has 1 aliphatic heterocycles. The molecule has 0 aliphatic carbocycles. The van der Waals surface area contributed by atoms with Gasteiger partial charge in [0, 0.05) is 31.2 Å². The van der Waals surface area contributed by atoms with Crippen molar-refractivity contribution in [2.45, 2.75) is 32.1 Å². The first kappa shape index (κ1) is 16.4. The molecule has 118 valence electrons. The fourth-order valence-corrected chi connectivity index (χ4v) is 2.96. The molecule has 1 saturated heterocycles. The SMILES string of the molecule is CC1CN(CC(C)C(N)c2ccccc2F)CC(CO)O1. The summed E-state index contributed by atoms with van der Waals surface area (Å²) in [5.74, 6) is -0.132. The first-order valence-corrected chi connectivity index (χ1v) is 7.50. The number of benzene rings is 1. The van der Waals surface area contributed by atoms with Crippen LogP contribution in [0.2, 0.25) is 0 Å². The highest BCUT2D eigenvalue weighted by atomic mass is 19.1. The van der Waals surface area contributed by atoms with E-state index in [4.69, 9.17) is 10.5 Å². The monoisotopic (exact) mass is 296 g/mol. The third-order valence-electron chi connectivity index (χ3n) is 4.03. The molecule has 2 rings (SSSR count). The van der Waals surface area contributed by atoms with Crippen molar-refractivity contribution >= 4 is 0 Å². The maximum atomic E-state index is 13.8. The second-order valence-corrected chi connectivity index (χ2v) is 5.99. The molecule has 3 N–H and O–H groups in total. The van der Waals surface area contributed by atoms with Gasteiger partial charge in [-0.25, -0.2) is 4.39 Å². The third-order valence-corrected chi connectivity index (χ3v) is 4.03. The van der Waals surface area contributed by atoms with Crippen molar-refractivity contribution in [1.82, 2.24) is 4.90 Å². The highest BCUT2D eigenvalue weighted by Gasteiger charge is 2.27. The summed E-state index contributed by atoms with van der Waals surface area (Å²) >= 11 is 0. The number of nitrogens with two attached hydrogens (primary N) is 1. The first-order valence-electron chi connectivity index (χ1n) is 7.50. The smallest absolute Gasteiger partial charge is 0.127 e. The second kappa shape index (κ2) is 7.31. The van der Waals surface area contributed by atoms with Crippen LogP contribution in [0.3, 0.4) is 0 Å². The third kappa shape index (κ3) is 4.23. The normalized spacial score (nSPS) is 26.5. The van der Waals surface area contributed by atoms with Crippen molar-refractivity contribution in [2.24, 2.45) is 11.7 Å². The summed E-state index contributed by atoms with van der Waals surface area (Å²) in [6.07, 6.45) is -0.0570. The van der Waals surface area contributed by atoms with Crippen molar-refractivity contribution < 1.29 is 14.2 Å². The molecule has 0 amide bonds. The molecule has 0 saturated carbocycles. The topological polar surface area (TPSA) is 58.7 Å². The van der Waals surface area contributed by atoms with Gasteiger partial charge in [-0.05, 0) is 18.9 Å². The van der Waals surface area contributed by atoms with E-state index in [-0.39, 0.29) is 36.6 Å². The Morgan fingerprint density at radius 3 is 2.81 bits per heavy atom. The van der Waals surface area contributed by atoms with Gasteiger partial charge in [0.2, 0.25) is 0 Å². The molecule has 0 aromatic heterocycles. The van der Waals surface area contributed by atoms with Gasteiger partial charge in [0.15, 0.2) is 0 Å². The quantitative estimate of drug-likeness (QED) is 0.865. The Bertz CT molecular complexity index is 458. The first-order chi connectivity index (χ1) is 10.0. The molecule has 1 heterocycles. The van der Waals surface area contributed by atoms with Gasteiger partial charge >= 0.3 is 0 Å². The number of hydrogen-bond acceptors (Lipinski definition) is 4. The molecule has 1 aromatic rings. The summed E-state index contributed by atoms with van der Waals surface area (Å²) in [5, 5.41) is 9.26. The van der Waals surface area contributed by atoms with Crippen LogP contribution < -0.4 is 5.73 Å². The predicted molar refractivity (Wildman–Crippen MR) is 80.4 cm³/mol. The van der Waals surface area contributed by atoms with Gasteiger partial charge in [-0.3, -0.25) is 4.90 Å². The van der Waals surface area contributed by atoms with Gasteiger partial charge < -0.3 is 15.6 Å². The summed E-state index contributed by atoms with van der Waals surface area (Å²) < 4.78 is 19.4. The molecule has 1 fully saturated rings. The van der Waals surface area contributed by atoms with Crippen LogP contribution in [0.1, 0.15) is 25.5 Å². The minimum absolute atomic E-state index is 0.0224. The van der Waals surface area contributed by atoms with Gasteiger partial charge in [0.05, 0.1) is 18.8 Å². The lowest BCUT2D eigenvalue weighted by Gasteiger charge is -2.38. The molecule has 5 heteroatoms. The number of aliphatic hydroxyl groups is 1. The van der Waals surface area contributed by atoms with Crippen molar-refractivity contribution in [3.05, 3.63) is 35.6 Å². The lowest BCUT2D eigenvalue weighted by Crippen LogP contribution is -2.49. The number of halogens is 1. The lowest BCUT2D eigenvalue weighted by atomic mass is 9.94. The highest BCUT2D eigenvalue weighted by molar-refractivity contribution is 5.21. The van der Waals surface area contributed by atoms with E-state index in [2.05, 4.69) is 4.90 Å². The van der Waals surface area contributed by atoms with Gasteiger partial charge in [-0.15, -0.1) is 0 Å². The van der Waals surface area contributed by atoms with E-state index in [0.717, 1.165) is 13.1 Å². The highest BCUT2D eigenvalue weighted by Crippen LogP contribution is 2.24. The average molecular weight is 296 g/mol. The van der Waals surface area contributed by atoms with Gasteiger partial charge in [-0.1, -0.05) is 25.1 Å². The number of morpholine rings is 1. The van der Waals surface area contributed by atoms with E-state index in [1.165, 1.54) is 6.07 Å². The van der Waals surface area contributed by atoms with Crippen LogP contribution in [0, 0.1) is 11.7 Å². The molecule has 4 atom stereocenters. The fourth-order valence-electron chi connectivity index (χ4n) is 2.96. The summed E-state index contributed by atoms with van der Waals surface area (Å²) in [6.45, 7) is 6.32. The molecule has 21 heavy (non-hydrogen) atoms. The molecule has 1 aliphatic rings. The number of hydrogen-bond donors (Lipinski definition) is 2. The van der Waals surface area contributed by atoms with E-state index < -0.39 is 0 Å². The Morgan fingerprint density at radius 1 is 1.43 bits per heavy atom. The maximum Gasteiger partial charge on any atom is 0.127 e. The summed E-state index contributed by atoms with van der Waals surface area (Å²) in [6, 6.07) is 6.34. The molecular formula is C16H25FN2O2. The standard InChI is InChI=1S/C16H25FN2O2/c1-11(16(18)14-5-3-4-6-15(14)17)7-19-8-12(2)21-13(9-19)10-20/h3-6,11-13,16,20H,7-10,18H2,1-2H3. The zero-order chi connectivity index (χ0) is 15.4. The van der Waals surface area contributed by atoms with Crippen LogP contribution in [0.15, 0.2) is 24.3 Å². The predicted octanol–water partition coefficient (Wildman–Crippen LogP) is 1.54.